The fraction of sp³-hybridized carbons (Fsp3) is 0.278. The minimum atomic E-state index is -3.68. The third-order valence-corrected chi connectivity index (χ3v) is 5.58. The fourth-order valence-electron chi connectivity index (χ4n) is 2.40. The molecule has 0 radical (unpaired) electrons. The van der Waals surface area contributed by atoms with Gasteiger partial charge in [-0.25, -0.2) is 17.5 Å². The standard InChI is InChI=1S/C18H20ClFN2O3S/c1-14(23)22(12-10-15-4-2-3-5-18(15)20)13-11-21-26(24,25)17-8-6-16(19)7-9-17/h2-9,21H,10-13H2,1H3. The highest BCUT2D eigenvalue weighted by Gasteiger charge is 2.15. The van der Waals surface area contributed by atoms with E-state index in [1.54, 1.807) is 18.2 Å². The fourth-order valence-corrected chi connectivity index (χ4v) is 3.54. The Hall–Kier alpha value is -1.96. The van der Waals surface area contributed by atoms with E-state index in [0.29, 0.717) is 23.6 Å². The molecular weight excluding hydrogens is 379 g/mol. The minimum absolute atomic E-state index is 0.0574. The second kappa shape index (κ2) is 9.12. The van der Waals surface area contributed by atoms with Crippen LogP contribution in [-0.4, -0.2) is 38.9 Å². The number of benzene rings is 2. The second-order valence-corrected chi connectivity index (χ2v) is 7.90. The van der Waals surface area contributed by atoms with Crippen LogP contribution in [0.2, 0.25) is 5.02 Å². The van der Waals surface area contributed by atoms with Gasteiger partial charge in [0.1, 0.15) is 5.82 Å². The van der Waals surface area contributed by atoms with Crippen molar-refractivity contribution in [2.45, 2.75) is 18.2 Å². The molecule has 0 unspecified atom stereocenters. The lowest BCUT2D eigenvalue weighted by atomic mass is 10.1. The van der Waals surface area contributed by atoms with Crippen molar-refractivity contribution in [3.8, 4) is 0 Å². The first-order chi connectivity index (χ1) is 12.3. The van der Waals surface area contributed by atoms with Crippen molar-refractivity contribution < 1.29 is 17.6 Å². The van der Waals surface area contributed by atoms with E-state index in [0.717, 1.165) is 0 Å². The van der Waals surface area contributed by atoms with E-state index in [4.69, 9.17) is 11.6 Å². The average Bonchev–Trinajstić information content (AvgIpc) is 2.59. The zero-order valence-corrected chi connectivity index (χ0v) is 15.9. The molecule has 0 bridgehead atoms. The molecule has 2 aromatic rings. The summed E-state index contributed by atoms with van der Waals surface area (Å²) < 4.78 is 40.5. The quantitative estimate of drug-likeness (QED) is 0.743. The summed E-state index contributed by atoms with van der Waals surface area (Å²) in [6.45, 7) is 1.95. The molecule has 1 amide bonds. The summed E-state index contributed by atoms with van der Waals surface area (Å²) in [5, 5.41) is 0.444. The summed E-state index contributed by atoms with van der Waals surface area (Å²) in [6.07, 6.45) is 0.357. The van der Waals surface area contributed by atoms with Crippen LogP contribution in [0.5, 0.6) is 0 Å². The molecule has 0 aromatic heterocycles. The number of carbonyl (C=O) groups is 1. The van der Waals surface area contributed by atoms with Crippen LogP contribution in [0.3, 0.4) is 0 Å². The van der Waals surface area contributed by atoms with Crippen molar-refractivity contribution in [1.82, 2.24) is 9.62 Å². The summed E-state index contributed by atoms with van der Waals surface area (Å²) >= 11 is 5.75. The zero-order chi connectivity index (χ0) is 19.2. The van der Waals surface area contributed by atoms with Gasteiger partial charge in [-0.3, -0.25) is 4.79 Å². The van der Waals surface area contributed by atoms with Crippen molar-refractivity contribution in [2.75, 3.05) is 19.6 Å². The van der Waals surface area contributed by atoms with Crippen LogP contribution in [0.4, 0.5) is 4.39 Å². The van der Waals surface area contributed by atoms with Crippen molar-refractivity contribution in [2.24, 2.45) is 0 Å². The lowest BCUT2D eigenvalue weighted by molar-refractivity contribution is -0.128. The molecule has 140 valence electrons. The zero-order valence-electron chi connectivity index (χ0n) is 14.3. The average molecular weight is 399 g/mol. The molecule has 0 saturated heterocycles. The van der Waals surface area contributed by atoms with Gasteiger partial charge in [0.2, 0.25) is 15.9 Å². The van der Waals surface area contributed by atoms with E-state index >= 15 is 0 Å². The van der Waals surface area contributed by atoms with Crippen LogP contribution in [0.15, 0.2) is 53.4 Å². The van der Waals surface area contributed by atoms with Gasteiger partial charge in [0.15, 0.2) is 0 Å². The predicted molar refractivity (Wildman–Crippen MR) is 99.0 cm³/mol. The van der Waals surface area contributed by atoms with E-state index in [1.807, 2.05) is 0 Å². The van der Waals surface area contributed by atoms with Gasteiger partial charge in [0.05, 0.1) is 4.90 Å². The first-order valence-corrected chi connectivity index (χ1v) is 9.90. The molecule has 8 heteroatoms. The number of nitrogens with one attached hydrogen (secondary N) is 1. The minimum Gasteiger partial charge on any atom is -0.341 e. The highest BCUT2D eigenvalue weighted by Crippen LogP contribution is 2.13. The van der Waals surface area contributed by atoms with Crippen molar-refractivity contribution in [3.05, 3.63) is 64.9 Å². The Bertz CT molecular complexity index is 857. The monoisotopic (exact) mass is 398 g/mol. The number of nitrogens with zero attached hydrogens (tertiary/aromatic N) is 1. The number of carbonyl (C=O) groups excluding carboxylic acids is 1. The lowest BCUT2D eigenvalue weighted by Gasteiger charge is -2.21. The van der Waals surface area contributed by atoms with Crippen molar-refractivity contribution in [1.29, 1.82) is 0 Å². The molecule has 0 atom stereocenters. The Kier molecular flexibility index (Phi) is 7.14. The Morgan fingerprint density at radius 3 is 2.38 bits per heavy atom. The molecular formula is C18H20ClFN2O3S. The molecule has 26 heavy (non-hydrogen) atoms. The topological polar surface area (TPSA) is 66.5 Å². The van der Waals surface area contributed by atoms with Gasteiger partial charge in [0.25, 0.3) is 0 Å². The molecule has 1 N–H and O–H groups in total. The summed E-state index contributed by atoms with van der Waals surface area (Å²) in [5.74, 6) is -0.522. The van der Waals surface area contributed by atoms with E-state index in [2.05, 4.69) is 4.72 Å². The first kappa shape index (κ1) is 20.4. The van der Waals surface area contributed by atoms with Crippen molar-refractivity contribution >= 4 is 27.5 Å². The molecule has 0 saturated carbocycles. The van der Waals surface area contributed by atoms with Gasteiger partial charge in [-0.2, -0.15) is 0 Å². The SMILES string of the molecule is CC(=O)N(CCNS(=O)(=O)c1ccc(Cl)cc1)CCc1ccccc1F. The van der Waals surface area contributed by atoms with Crippen LogP contribution in [-0.2, 0) is 21.2 Å². The van der Waals surface area contributed by atoms with Gasteiger partial charge < -0.3 is 4.90 Å². The Balaban J connectivity index is 1.91. The maximum absolute atomic E-state index is 13.7. The summed E-state index contributed by atoms with van der Waals surface area (Å²) in [5.41, 5.74) is 0.514. The molecule has 0 aliphatic carbocycles. The third kappa shape index (κ3) is 5.79. The number of amides is 1. The molecule has 0 heterocycles. The molecule has 0 fully saturated rings. The van der Waals surface area contributed by atoms with Gasteiger partial charge in [-0.05, 0) is 42.3 Å². The Morgan fingerprint density at radius 2 is 1.77 bits per heavy atom. The lowest BCUT2D eigenvalue weighted by Crippen LogP contribution is -2.38. The normalized spacial score (nSPS) is 11.3. The first-order valence-electron chi connectivity index (χ1n) is 8.04. The van der Waals surface area contributed by atoms with Gasteiger partial charge in [0, 0.05) is 31.6 Å². The highest BCUT2D eigenvalue weighted by atomic mass is 35.5. The van der Waals surface area contributed by atoms with Crippen LogP contribution < -0.4 is 4.72 Å². The predicted octanol–water partition coefficient (Wildman–Crippen LogP) is 2.85. The van der Waals surface area contributed by atoms with Crippen LogP contribution >= 0.6 is 11.6 Å². The number of sulfonamides is 1. The van der Waals surface area contributed by atoms with E-state index < -0.39 is 10.0 Å². The van der Waals surface area contributed by atoms with Crippen molar-refractivity contribution in [3.63, 3.8) is 0 Å². The summed E-state index contributed by atoms with van der Waals surface area (Å²) in [7, 11) is -3.68. The molecule has 2 rings (SSSR count). The summed E-state index contributed by atoms with van der Waals surface area (Å²) in [6, 6.07) is 12.2. The van der Waals surface area contributed by atoms with Crippen LogP contribution in [0.25, 0.3) is 0 Å². The van der Waals surface area contributed by atoms with E-state index in [1.165, 1.54) is 42.2 Å². The smallest absolute Gasteiger partial charge is 0.240 e. The number of rotatable bonds is 8. The number of hydrogen-bond acceptors (Lipinski definition) is 3. The molecule has 2 aromatic carbocycles. The molecule has 0 aliphatic rings. The largest absolute Gasteiger partial charge is 0.341 e. The van der Waals surface area contributed by atoms with E-state index in [9.17, 15) is 17.6 Å². The number of halogens is 2. The molecule has 0 aliphatic heterocycles. The second-order valence-electron chi connectivity index (χ2n) is 5.70. The van der Waals surface area contributed by atoms with Gasteiger partial charge in [-0.1, -0.05) is 29.8 Å². The Morgan fingerprint density at radius 1 is 1.12 bits per heavy atom. The van der Waals surface area contributed by atoms with Gasteiger partial charge in [-0.15, -0.1) is 0 Å². The molecule has 5 nitrogen and oxygen atoms in total. The Labute approximate surface area is 157 Å². The van der Waals surface area contributed by atoms with E-state index in [-0.39, 0.29) is 29.7 Å². The highest BCUT2D eigenvalue weighted by molar-refractivity contribution is 7.89. The van der Waals surface area contributed by atoms with Gasteiger partial charge >= 0.3 is 0 Å². The molecule has 0 spiro atoms. The number of hydrogen-bond donors (Lipinski definition) is 1. The summed E-state index contributed by atoms with van der Waals surface area (Å²) in [4.78, 5) is 13.3. The van der Waals surface area contributed by atoms with Crippen LogP contribution in [0.1, 0.15) is 12.5 Å². The van der Waals surface area contributed by atoms with Crippen LogP contribution in [0, 0.1) is 5.82 Å². The maximum Gasteiger partial charge on any atom is 0.240 e. The third-order valence-electron chi connectivity index (χ3n) is 3.85. The maximum atomic E-state index is 13.7.